The van der Waals surface area contributed by atoms with Gasteiger partial charge in [0.25, 0.3) is 0 Å². The first-order valence-corrected chi connectivity index (χ1v) is 7.96. The van der Waals surface area contributed by atoms with Crippen molar-refractivity contribution < 1.29 is 0 Å². The van der Waals surface area contributed by atoms with Gasteiger partial charge in [-0.25, -0.2) is 0 Å². The lowest BCUT2D eigenvalue weighted by atomic mass is 10.2. The molecule has 3 aromatic rings. The first-order chi connectivity index (χ1) is 11.4. The van der Waals surface area contributed by atoms with E-state index in [0.717, 1.165) is 37.4 Å². The second kappa shape index (κ2) is 8.20. The third kappa shape index (κ3) is 5.01. The van der Waals surface area contributed by atoms with Gasteiger partial charge in [-0.2, -0.15) is 0 Å². The van der Waals surface area contributed by atoms with E-state index in [-0.39, 0.29) is 0 Å². The molecule has 0 saturated heterocycles. The van der Waals surface area contributed by atoms with Crippen molar-refractivity contribution in [2.75, 3.05) is 6.54 Å². The first-order valence-electron chi connectivity index (χ1n) is 7.96. The van der Waals surface area contributed by atoms with Crippen LogP contribution in [0.25, 0.3) is 0 Å². The lowest BCUT2D eigenvalue weighted by Gasteiger charge is -2.22. The Labute approximate surface area is 137 Å². The van der Waals surface area contributed by atoms with E-state index in [9.17, 15) is 0 Å². The molecule has 3 nitrogen and oxygen atoms in total. The second-order valence-electron chi connectivity index (χ2n) is 5.59. The van der Waals surface area contributed by atoms with E-state index in [1.165, 1.54) is 5.56 Å². The van der Waals surface area contributed by atoms with Crippen LogP contribution in [0, 0.1) is 0 Å². The van der Waals surface area contributed by atoms with Gasteiger partial charge in [0.15, 0.2) is 0 Å². The van der Waals surface area contributed by atoms with Gasteiger partial charge in [0.2, 0.25) is 0 Å². The molecular formula is C20H21N3. The Bertz CT molecular complexity index is 642. The Hall–Kier alpha value is -2.52. The van der Waals surface area contributed by atoms with Crippen LogP contribution in [0.4, 0.5) is 0 Å². The van der Waals surface area contributed by atoms with Crippen LogP contribution < -0.4 is 0 Å². The zero-order chi connectivity index (χ0) is 15.7. The normalized spacial score (nSPS) is 10.8. The highest BCUT2D eigenvalue weighted by Crippen LogP contribution is 2.09. The Morgan fingerprint density at radius 1 is 0.652 bits per heavy atom. The quantitative estimate of drug-likeness (QED) is 0.666. The molecule has 0 aliphatic carbocycles. The fraction of sp³-hybridized carbons (Fsp3) is 0.200. The van der Waals surface area contributed by atoms with Gasteiger partial charge in [-0.05, 0) is 29.8 Å². The zero-order valence-electron chi connectivity index (χ0n) is 13.2. The van der Waals surface area contributed by atoms with Crippen LogP contribution in [0.3, 0.4) is 0 Å². The molecule has 0 unspecified atom stereocenters. The highest BCUT2D eigenvalue weighted by molar-refractivity contribution is 5.15. The summed E-state index contributed by atoms with van der Waals surface area (Å²) in [6.07, 6.45) is 4.66. The standard InChI is InChI=1S/C20H21N3/c1-2-8-18(9-3-1)16-23(17-20-11-5-7-14-22-20)15-12-19-10-4-6-13-21-19/h1-11,13-14H,12,15-17H2. The summed E-state index contributed by atoms with van der Waals surface area (Å²) in [6, 6.07) is 22.8. The molecule has 0 fully saturated rings. The highest BCUT2D eigenvalue weighted by Gasteiger charge is 2.08. The average Bonchev–Trinajstić information content (AvgIpc) is 2.62. The van der Waals surface area contributed by atoms with E-state index in [1.807, 2.05) is 36.7 Å². The molecule has 0 amide bonds. The number of nitrogens with zero attached hydrogens (tertiary/aromatic N) is 3. The van der Waals surface area contributed by atoms with Crippen LogP contribution in [-0.2, 0) is 19.5 Å². The SMILES string of the molecule is c1ccc(CN(CCc2ccccn2)Cc2ccccn2)cc1. The summed E-state index contributed by atoms with van der Waals surface area (Å²) < 4.78 is 0. The van der Waals surface area contributed by atoms with Crippen LogP contribution >= 0.6 is 0 Å². The lowest BCUT2D eigenvalue weighted by molar-refractivity contribution is 0.256. The molecule has 0 radical (unpaired) electrons. The second-order valence-corrected chi connectivity index (χ2v) is 5.59. The first kappa shape index (κ1) is 15.4. The fourth-order valence-electron chi connectivity index (χ4n) is 2.60. The van der Waals surface area contributed by atoms with Crippen LogP contribution in [0.2, 0.25) is 0 Å². The number of pyridine rings is 2. The molecule has 23 heavy (non-hydrogen) atoms. The monoisotopic (exact) mass is 303 g/mol. The van der Waals surface area contributed by atoms with Gasteiger partial charge in [-0.1, -0.05) is 42.5 Å². The summed E-state index contributed by atoms with van der Waals surface area (Å²) in [7, 11) is 0. The number of aromatic nitrogens is 2. The molecule has 0 aliphatic heterocycles. The van der Waals surface area contributed by atoms with E-state index in [1.54, 1.807) is 0 Å². The Morgan fingerprint density at radius 2 is 1.30 bits per heavy atom. The maximum atomic E-state index is 4.46. The molecule has 116 valence electrons. The highest BCUT2D eigenvalue weighted by atomic mass is 15.1. The van der Waals surface area contributed by atoms with Gasteiger partial charge in [0, 0.05) is 44.1 Å². The van der Waals surface area contributed by atoms with Crippen molar-refractivity contribution in [2.45, 2.75) is 19.5 Å². The van der Waals surface area contributed by atoms with Crippen molar-refractivity contribution >= 4 is 0 Å². The van der Waals surface area contributed by atoms with Gasteiger partial charge >= 0.3 is 0 Å². The molecule has 3 heteroatoms. The van der Waals surface area contributed by atoms with Crippen LogP contribution in [-0.4, -0.2) is 21.4 Å². The van der Waals surface area contributed by atoms with Gasteiger partial charge in [0.05, 0.1) is 5.69 Å². The molecule has 2 heterocycles. The molecule has 2 aromatic heterocycles. The van der Waals surface area contributed by atoms with Gasteiger partial charge in [0.1, 0.15) is 0 Å². The molecular weight excluding hydrogens is 282 g/mol. The molecule has 0 bridgehead atoms. The zero-order valence-corrected chi connectivity index (χ0v) is 13.2. The topological polar surface area (TPSA) is 29.0 Å². The average molecular weight is 303 g/mol. The Morgan fingerprint density at radius 3 is 1.96 bits per heavy atom. The fourth-order valence-corrected chi connectivity index (χ4v) is 2.60. The third-order valence-corrected chi connectivity index (χ3v) is 3.77. The van der Waals surface area contributed by atoms with Crippen LogP contribution in [0.5, 0.6) is 0 Å². The summed E-state index contributed by atoms with van der Waals surface area (Å²) in [5, 5.41) is 0. The predicted octanol–water partition coefficient (Wildman–Crippen LogP) is 3.72. The summed E-state index contributed by atoms with van der Waals surface area (Å²) in [5.41, 5.74) is 3.56. The lowest BCUT2D eigenvalue weighted by Crippen LogP contribution is -2.26. The predicted molar refractivity (Wildman–Crippen MR) is 92.7 cm³/mol. The largest absolute Gasteiger partial charge is 0.293 e. The summed E-state index contributed by atoms with van der Waals surface area (Å²) in [4.78, 5) is 11.3. The van der Waals surface area contributed by atoms with E-state index in [0.29, 0.717) is 0 Å². The van der Waals surface area contributed by atoms with Gasteiger partial charge < -0.3 is 0 Å². The number of rotatable bonds is 7. The van der Waals surface area contributed by atoms with E-state index in [4.69, 9.17) is 0 Å². The third-order valence-electron chi connectivity index (χ3n) is 3.77. The maximum Gasteiger partial charge on any atom is 0.0544 e. The summed E-state index contributed by atoms with van der Waals surface area (Å²) in [6.45, 7) is 2.73. The van der Waals surface area contributed by atoms with Crippen molar-refractivity contribution in [1.29, 1.82) is 0 Å². The number of benzene rings is 1. The van der Waals surface area contributed by atoms with E-state index >= 15 is 0 Å². The minimum absolute atomic E-state index is 0.850. The molecule has 0 aliphatic rings. The van der Waals surface area contributed by atoms with Crippen LogP contribution in [0.15, 0.2) is 79.1 Å². The molecule has 1 aromatic carbocycles. The maximum absolute atomic E-state index is 4.46. The van der Waals surface area contributed by atoms with E-state index in [2.05, 4.69) is 57.3 Å². The molecule has 0 saturated carbocycles. The van der Waals surface area contributed by atoms with Crippen molar-refractivity contribution in [3.8, 4) is 0 Å². The van der Waals surface area contributed by atoms with Crippen molar-refractivity contribution in [3.05, 3.63) is 96.1 Å². The molecule has 0 atom stereocenters. The summed E-state index contributed by atoms with van der Waals surface area (Å²) in [5.74, 6) is 0. The smallest absolute Gasteiger partial charge is 0.0544 e. The molecule has 0 N–H and O–H groups in total. The van der Waals surface area contributed by atoms with Gasteiger partial charge in [-0.3, -0.25) is 14.9 Å². The van der Waals surface area contributed by atoms with Crippen molar-refractivity contribution in [1.82, 2.24) is 14.9 Å². The summed E-state index contributed by atoms with van der Waals surface area (Å²) >= 11 is 0. The van der Waals surface area contributed by atoms with Gasteiger partial charge in [-0.15, -0.1) is 0 Å². The Balaban J connectivity index is 1.67. The number of hydrogen-bond acceptors (Lipinski definition) is 3. The number of hydrogen-bond donors (Lipinski definition) is 0. The minimum Gasteiger partial charge on any atom is -0.293 e. The minimum atomic E-state index is 0.850. The molecule has 3 rings (SSSR count). The Kier molecular flexibility index (Phi) is 5.48. The van der Waals surface area contributed by atoms with Crippen molar-refractivity contribution in [3.63, 3.8) is 0 Å². The van der Waals surface area contributed by atoms with E-state index < -0.39 is 0 Å². The molecule has 0 spiro atoms. The van der Waals surface area contributed by atoms with Crippen molar-refractivity contribution in [2.24, 2.45) is 0 Å². The van der Waals surface area contributed by atoms with Crippen LogP contribution in [0.1, 0.15) is 17.0 Å².